The summed E-state index contributed by atoms with van der Waals surface area (Å²) in [6.45, 7) is 0. The van der Waals surface area contributed by atoms with Crippen molar-refractivity contribution in [2.75, 3.05) is 16.8 Å². The second-order valence-electron chi connectivity index (χ2n) is 3.62. The van der Waals surface area contributed by atoms with Gasteiger partial charge in [-0.25, -0.2) is 0 Å². The lowest BCUT2D eigenvalue weighted by molar-refractivity contribution is -0.384. The first-order chi connectivity index (χ1) is 7.66. The van der Waals surface area contributed by atoms with Gasteiger partial charge in [0.1, 0.15) is 5.69 Å². The molecule has 0 radical (unpaired) electrons. The van der Waals surface area contributed by atoms with Crippen LogP contribution in [0.15, 0.2) is 22.7 Å². The molecule has 0 aliphatic carbocycles. The Morgan fingerprint density at radius 1 is 1.56 bits per heavy atom. The summed E-state index contributed by atoms with van der Waals surface area (Å²) in [4.78, 5) is 10.5. The largest absolute Gasteiger partial charge is 0.376 e. The zero-order valence-corrected chi connectivity index (χ0v) is 10.9. The van der Waals surface area contributed by atoms with E-state index in [-0.39, 0.29) is 10.6 Å². The van der Waals surface area contributed by atoms with E-state index in [0.29, 0.717) is 11.7 Å². The maximum atomic E-state index is 10.9. The summed E-state index contributed by atoms with van der Waals surface area (Å²) in [5.41, 5.74) is 0.743. The third-order valence-corrected chi connectivity index (χ3v) is 4.10. The number of nitrogens with zero attached hydrogens (tertiary/aromatic N) is 1. The Morgan fingerprint density at radius 3 is 3.00 bits per heavy atom. The molecule has 1 N–H and O–H groups in total. The van der Waals surface area contributed by atoms with Gasteiger partial charge in [0.05, 0.1) is 4.92 Å². The van der Waals surface area contributed by atoms with Gasteiger partial charge >= 0.3 is 0 Å². The molecule has 0 bridgehead atoms. The van der Waals surface area contributed by atoms with E-state index < -0.39 is 0 Å². The highest BCUT2D eigenvalue weighted by molar-refractivity contribution is 9.10. The van der Waals surface area contributed by atoms with E-state index in [4.69, 9.17) is 0 Å². The van der Waals surface area contributed by atoms with E-state index >= 15 is 0 Å². The van der Waals surface area contributed by atoms with Crippen LogP contribution in [-0.4, -0.2) is 22.5 Å². The van der Waals surface area contributed by atoms with E-state index in [2.05, 4.69) is 21.2 Å². The molecule has 4 nitrogen and oxygen atoms in total. The van der Waals surface area contributed by atoms with Crippen LogP contribution in [0.25, 0.3) is 0 Å². The van der Waals surface area contributed by atoms with Crippen LogP contribution in [0.2, 0.25) is 0 Å². The van der Waals surface area contributed by atoms with Crippen LogP contribution >= 0.6 is 27.7 Å². The molecule has 1 unspecified atom stereocenters. The number of rotatable bonds is 3. The van der Waals surface area contributed by atoms with Gasteiger partial charge in [0.2, 0.25) is 0 Å². The van der Waals surface area contributed by atoms with Crippen molar-refractivity contribution in [3.63, 3.8) is 0 Å². The fraction of sp³-hybridized carbons (Fsp3) is 0.400. The minimum absolute atomic E-state index is 0.131. The molecule has 0 saturated carbocycles. The summed E-state index contributed by atoms with van der Waals surface area (Å²) in [6.07, 6.45) is 1.07. The van der Waals surface area contributed by atoms with E-state index in [1.54, 1.807) is 6.07 Å². The summed E-state index contributed by atoms with van der Waals surface area (Å²) in [6, 6.07) is 5.46. The summed E-state index contributed by atoms with van der Waals surface area (Å²) in [5, 5.41) is 14.1. The van der Waals surface area contributed by atoms with Gasteiger partial charge in [0.25, 0.3) is 5.69 Å². The van der Waals surface area contributed by atoms with Gasteiger partial charge in [-0.05, 0) is 24.3 Å². The van der Waals surface area contributed by atoms with Crippen molar-refractivity contribution < 1.29 is 4.92 Å². The molecular formula is C10H11BrN2O2S. The van der Waals surface area contributed by atoms with Gasteiger partial charge in [0.15, 0.2) is 0 Å². The summed E-state index contributed by atoms with van der Waals surface area (Å²) >= 11 is 5.12. The lowest BCUT2D eigenvalue weighted by Crippen LogP contribution is -2.18. The van der Waals surface area contributed by atoms with Crippen LogP contribution in [0.1, 0.15) is 6.42 Å². The molecule has 0 amide bonds. The number of benzene rings is 1. The monoisotopic (exact) mass is 302 g/mol. The highest BCUT2D eigenvalue weighted by Gasteiger charge is 2.20. The Kier molecular flexibility index (Phi) is 3.70. The Balaban J connectivity index is 2.21. The molecule has 0 spiro atoms. The van der Waals surface area contributed by atoms with Crippen LogP contribution in [-0.2, 0) is 0 Å². The molecular weight excluding hydrogens is 292 g/mol. The average molecular weight is 303 g/mol. The van der Waals surface area contributed by atoms with E-state index in [1.165, 1.54) is 6.07 Å². The number of nitrogens with one attached hydrogen (secondary N) is 1. The normalized spacial score (nSPS) is 19.7. The molecule has 1 aliphatic rings. The fourth-order valence-corrected chi connectivity index (χ4v) is 3.15. The van der Waals surface area contributed by atoms with Crippen molar-refractivity contribution in [2.45, 2.75) is 12.5 Å². The SMILES string of the molecule is O=[N+]([O-])c1cc(Br)ccc1NC1CCSC1. The van der Waals surface area contributed by atoms with Crippen LogP contribution in [0.3, 0.4) is 0 Å². The second kappa shape index (κ2) is 5.05. The number of thioether (sulfide) groups is 1. The molecule has 16 heavy (non-hydrogen) atoms. The number of anilines is 1. The Hall–Kier alpha value is -0.750. The topological polar surface area (TPSA) is 55.2 Å². The maximum Gasteiger partial charge on any atom is 0.293 e. The van der Waals surface area contributed by atoms with Crippen LogP contribution in [0.5, 0.6) is 0 Å². The third-order valence-electron chi connectivity index (χ3n) is 2.45. The Morgan fingerprint density at radius 2 is 2.38 bits per heavy atom. The van der Waals surface area contributed by atoms with Crippen molar-refractivity contribution in [3.8, 4) is 0 Å². The van der Waals surface area contributed by atoms with Crippen molar-refractivity contribution in [1.82, 2.24) is 0 Å². The summed E-state index contributed by atoms with van der Waals surface area (Å²) in [7, 11) is 0. The van der Waals surface area contributed by atoms with Crippen molar-refractivity contribution in [3.05, 3.63) is 32.8 Å². The highest BCUT2D eigenvalue weighted by atomic mass is 79.9. The molecule has 86 valence electrons. The van der Waals surface area contributed by atoms with E-state index in [0.717, 1.165) is 22.4 Å². The zero-order valence-electron chi connectivity index (χ0n) is 8.48. The number of hydrogen-bond donors (Lipinski definition) is 1. The molecule has 1 heterocycles. The molecule has 6 heteroatoms. The molecule has 1 fully saturated rings. The van der Waals surface area contributed by atoms with Crippen molar-refractivity contribution in [2.24, 2.45) is 0 Å². The molecule has 1 aromatic carbocycles. The predicted octanol–water partition coefficient (Wildman–Crippen LogP) is 3.27. The van der Waals surface area contributed by atoms with E-state index in [1.807, 2.05) is 17.8 Å². The van der Waals surface area contributed by atoms with Crippen LogP contribution in [0.4, 0.5) is 11.4 Å². The first kappa shape index (κ1) is 11.7. The first-order valence-electron chi connectivity index (χ1n) is 4.95. The van der Waals surface area contributed by atoms with Crippen molar-refractivity contribution >= 4 is 39.1 Å². The molecule has 1 aliphatic heterocycles. The number of nitro benzene ring substituents is 1. The smallest absolute Gasteiger partial charge is 0.293 e. The molecule has 1 saturated heterocycles. The van der Waals surface area contributed by atoms with Gasteiger partial charge in [0, 0.05) is 22.3 Å². The van der Waals surface area contributed by atoms with Gasteiger partial charge in [-0.3, -0.25) is 10.1 Å². The highest BCUT2D eigenvalue weighted by Crippen LogP contribution is 2.30. The third kappa shape index (κ3) is 2.68. The lowest BCUT2D eigenvalue weighted by Gasteiger charge is -2.12. The number of nitro groups is 1. The minimum Gasteiger partial charge on any atom is -0.376 e. The zero-order chi connectivity index (χ0) is 11.5. The summed E-state index contributed by atoms with van der Waals surface area (Å²) < 4.78 is 0.727. The minimum atomic E-state index is -0.352. The van der Waals surface area contributed by atoms with Crippen LogP contribution < -0.4 is 5.32 Å². The second-order valence-corrected chi connectivity index (χ2v) is 5.69. The standard InChI is InChI=1S/C10H11BrN2O2S/c11-7-1-2-9(10(5-7)13(14)15)12-8-3-4-16-6-8/h1-2,5,8,12H,3-4,6H2. The molecule has 1 atom stereocenters. The summed E-state index contributed by atoms with van der Waals surface area (Å²) in [5.74, 6) is 2.15. The Labute approximate surface area is 106 Å². The van der Waals surface area contributed by atoms with Crippen molar-refractivity contribution in [1.29, 1.82) is 0 Å². The Bertz CT molecular complexity index is 408. The molecule has 1 aromatic rings. The molecule has 2 rings (SSSR count). The van der Waals surface area contributed by atoms with Gasteiger partial charge < -0.3 is 5.32 Å². The van der Waals surface area contributed by atoms with Gasteiger partial charge in [-0.2, -0.15) is 11.8 Å². The predicted molar refractivity (Wildman–Crippen MR) is 70.1 cm³/mol. The van der Waals surface area contributed by atoms with E-state index in [9.17, 15) is 10.1 Å². The number of halogens is 1. The van der Waals surface area contributed by atoms with Gasteiger partial charge in [-0.15, -0.1) is 0 Å². The quantitative estimate of drug-likeness (QED) is 0.688. The fourth-order valence-electron chi connectivity index (χ4n) is 1.65. The van der Waals surface area contributed by atoms with Crippen LogP contribution in [0, 0.1) is 10.1 Å². The first-order valence-corrected chi connectivity index (χ1v) is 6.90. The maximum absolute atomic E-state index is 10.9. The van der Waals surface area contributed by atoms with Gasteiger partial charge in [-0.1, -0.05) is 15.9 Å². The molecule has 0 aromatic heterocycles. The lowest BCUT2D eigenvalue weighted by atomic mass is 10.2. The average Bonchev–Trinajstić information content (AvgIpc) is 2.73. The number of hydrogen-bond acceptors (Lipinski definition) is 4.